The number of amides is 1. The van der Waals surface area contributed by atoms with E-state index in [1.54, 1.807) is 4.68 Å². The molecule has 0 aliphatic heterocycles. The van der Waals surface area contributed by atoms with Crippen molar-refractivity contribution in [3.63, 3.8) is 0 Å². The number of hydrogen-bond donors (Lipinski definition) is 1. The molecule has 1 unspecified atom stereocenters. The summed E-state index contributed by atoms with van der Waals surface area (Å²) in [5, 5.41) is 7.86. The highest BCUT2D eigenvalue weighted by molar-refractivity contribution is 5.94. The molecule has 4 aromatic rings. The molecule has 0 aliphatic rings. The van der Waals surface area contributed by atoms with E-state index < -0.39 is 0 Å². The first-order valence-electron chi connectivity index (χ1n) is 9.67. The number of nitrogens with zero attached hydrogens (tertiary/aromatic N) is 3. The third-order valence-corrected chi connectivity index (χ3v) is 5.04. The van der Waals surface area contributed by atoms with Gasteiger partial charge in [-0.1, -0.05) is 42.5 Å². The number of benzene rings is 2. The summed E-state index contributed by atoms with van der Waals surface area (Å²) in [5.41, 5.74) is 5.27. The molecule has 1 atom stereocenters. The summed E-state index contributed by atoms with van der Waals surface area (Å²) in [7, 11) is 1.97. The minimum atomic E-state index is -0.157. The standard InChI is InChI=1S/C24H24N4O/c1-17-9-7-12-20(15-17)28-23(16-21(26-28)22-13-8-14-27(22)3)24(29)25-18(2)19-10-5-4-6-11-19/h4-16,18H,1-3H3,(H,25,29). The molecule has 1 N–H and O–H groups in total. The van der Waals surface area contributed by atoms with Crippen molar-refractivity contribution in [2.75, 3.05) is 0 Å². The minimum Gasteiger partial charge on any atom is -0.349 e. The molecule has 0 radical (unpaired) electrons. The number of carbonyl (C=O) groups excluding carboxylic acids is 1. The van der Waals surface area contributed by atoms with E-state index in [1.807, 2.05) is 104 Å². The minimum absolute atomic E-state index is 0.108. The Labute approximate surface area is 170 Å². The quantitative estimate of drug-likeness (QED) is 0.543. The average molecular weight is 384 g/mol. The Hall–Kier alpha value is -3.60. The fourth-order valence-corrected chi connectivity index (χ4v) is 3.45. The van der Waals surface area contributed by atoms with Crippen LogP contribution in [0.4, 0.5) is 0 Å². The first-order chi connectivity index (χ1) is 14.0. The molecule has 5 nitrogen and oxygen atoms in total. The molecule has 2 aromatic carbocycles. The molecule has 0 bridgehead atoms. The van der Waals surface area contributed by atoms with Crippen molar-refractivity contribution in [1.29, 1.82) is 0 Å². The van der Waals surface area contributed by atoms with Crippen LogP contribution in [0.3, 0.4) is 0 Å². The summed E-state index contributed by atoms with van der Waals surface area (Å²) in [4.78, 5) is 13.2. The zero-order valence-corrected chi connectivity index (χ0v) is 16.8. The molecule has 0 saturated heterocycles. The van der Waals surface area contributed by atoms with Gasteiger partial charge in [0.05, 0.1) is 17.4 Å². The van der Waals surface area contributed by atoms with Crippen molar-refractivity contribution in [2.24, 2.45) is 7.05 Å². The van der Waals surface area contributed by atoms with Gasteiger partial charge in [0.15, 0.2) is 0 Å². The lowest BCUT2D eigenvalue weighted by atomic mass is 10.1. The zero-order chi connectivity index (χ0) is 20.4. The van der Waals surface area contributed by atoms with Gasteiger partial charge in [-0.05, 0) is 55.3 Å². The number of aromatic nitrogens is 3. The van der Waals surface area contributed by atoms with Gasteiger partial charge in [0.25, 0.3) is 5.91 Å². The summed E-state index contributed by atoms with van der Waals surface area (Å²) in [6.07, 6.45) is 1.97. The molecule has 0 fully saturated rings. The molecule has 0 aliphatic carbocycles. The van der Waals surface area contributed by atoms with E-state index in [4.69, 9.17) is 5.10 Å². The second kappa shape index (κ2) is 7.80. The lowest BCUT2D eigenvalue weighted by Crippen LogP contribution is -2.28. The van der Waals surface area contributed by atoms with Crippen LogP contribution in [0.2, 0.25) is 0 Å². The fraction of sp³-hybridized carbons (Fsp3) is 0.167. The summed E-state index contributed by atoms with van der Waals surface area (Å²) in [6.45, 7) is 4.01. The van der Waals surface area contributed by atoms with Crippen molar-refractivity contribution in [2.45, 2.75) is 19.9 Å². The summed E-state index contributed by atoms with van der Waals surface area (Å²) in [5.74, 6) is -0.157. The first-order valence-corrected chi connectivity index (χ1v) is 9.67. The SMILES string of the molecule is Cc1cccc(-n2nc(-c3cccn3C)cc2C(=O)NC(C)c2ccccc2)c1. The van der Waals surface area contributed by atoms with E-state index in [0.29, 0.717) is 5.69 Å². The number of carbonyl (C=O) groups is 1. The molecular formula is C24H24N4O. The van der Waals surface area contributed by atoms with Crippen molar-refractivity contribution in [3.8, 4) is 17.1 Å². The van der Waals surface area contributed by atoms with Crippen LogP contribution in [0.1, 0.15) is 34.6 Å². The van der Waals surface area contributed by atoms with E-state index in [9.17, 15) is 4.79 Å². The Morgan fingerprint density at radius 2 is 1.79 bits per heavy atom. The summed E-state index contributed by atoms with van der Waals surface area (Å²) >= 11 is 0. The number of rotatable bonds is 5. The zero-order valence-electron chi connectivity index (χ0n) is 16.8. The summed E-state index contributed by atoms with van der Waals surface area (Å²) < 4.78 is 3.72. The third kappa shape index (κ3) is 3.85. The summed E-state index contributed by atoms with van der Waals surface area (Å²) in [6, 6.07) is 23.7. The van der Waals surface area contributed by atoms with Gasteiger partial charge in [-0.15, -0.1) is 0 Å². The normalized spacial score (nSPS) is 12.0. The van der Waals surface area contributed by atoms with Gasteiger partial charge in [-0.2, -0.15) is 5.10 Å². The molecule has 1 amide bonds. The molecular weight excluding hydrogens is 360 g/mol. The van der Waals surface area contributed by atoms with E-state index in [1.165, 1.54) is 0 Å². The predicted molar refractivity (Wildman–Crippen MR) is 115 cm³/mol. The third-order valence-electron chi connectivity index (χ3n) is 5.04. The molecule has 0 saturated carbocycles. The van der Waals surface area contributed by atoms with Gasteiger partial charge < -0.3 is 9.88 Å². The van der Waals surface area contributed by atoms with Crippen LogP contribution in [-0.4, -0.2) is 20.3 Å². The van der Waals surface area contributed by atoms with Crippen molar-refractivity contribution >= 4 is 5.91 Å². The van der Waals surface area contributed by atoms with Crippen LogP contribution in [0, 0.1) is 6.92 Å². The second-order valence-corrected chi connectivity index (χ2v) is 7.28. The van der Waals surface area contributed by atoms with Crippen molar-refractivity contribution < 1.29 is 4.79 Å². The van der Waals surface area contributed by atoms with Gasteiger partial charge in [-0.3, -0.25) is 4.79 Å². The Balaban J connectivity index is 1.73. The monoisotopic (exact) mass is 384 g/mol. The maximum atomic E-state index is 13.2. The number of nitrogens with one attached hydrogen (secondary N) is 1. The van der Waals surface area contributed by atoms with Crippen LogP contribution in [0.15, 0.2) is 79.0 Å². The predicted octanol–water partition coefficient (Wildman–Crippen LogP) is 4.68. The van der Waals surface area contributed by atoms with Crippen molar-refractivity contribution in [1.82, 2.24) is 19.7 Å². The maximum absolute atomic E-state index is 13.2. The average Bonchev–Trinajstić information content (AvgIpc) is 3.35. The fourth-order valence-electron chi connectivity index (χ4n) is 3.45. The largest absolute Gasteiger partial charge is 0.349 e. The van der Waals surface area contributed by atoms with Gasteiger partial charge >= 0.3 is 0 Å². The Morgan fingerprint density at radius 3 is 2.48 bits per heavy atom. The first kappa shape index (κ1) is 18.7. The topological polar surface area (TPSA) is 51.9 Å². The van der Waals surface area contributed by atoms with Gasteiger partial charge in [0, 0.05) is 13.2 Å². The highest BCUT2D eigenvalue weighted by Gasteiger charge is 2.20. The van der Waals surface area contributed by atoms with Crippen LogP contribution in [-0.2, 0) is 7.05 Å². The number of hydrogen-bond acceptors (Lipinski definition) is 2. The Bertz CT molecular complexity index is 1140. The van der Waals surface area contributed by atoms with Crippen LogP contribution in [0.25, 0.3) is 17.1 Å². The molecule has 2 aromatic heterocycles. The van der Waals surface area contributed by atoms with Crippen LogP contribution < -0.4 is 5.32 Å². The maximum Gasteiger partial charge on any atom is 0.270 e. The lowest BCUT2D eigenvalue weighted by Gasteiger charge is -2.15. The van der Waals surface area contributed by atoms with Gasteiger partial charge in [-0.25, -0.2) is 4.68 Å². The van der Waals surface area contributed by atoms with E-state index in [2.05, 4.69) is 5.32 Å². The van der Waals surface area contributed by atoms with E-state index in [-0.39, 0.29) is 11.9 Å². The number of aryl methyl sites for hydroxylation is 2. The van der Waals surface area contributed by atoms with E-state index in [0.717, 1.165) is 28.2 Å². The smallest absolute Gasteiger partial charge is 0.270 e. The van der Waals surface area contributed by atoms with Crippen LogP contribution in [0.5, 0.6) is 0 Å². The molecule has 0 spiro atoms. The lowest BCUT2D eigenvalue weighted by molar-refractivity contribution is 0.0932. The molecule has 146 valence electrons. The highest BCUT2D eigenvalue weighted by Crippen LogP contribution is 2.23. The Kier molecular flexibility index (Phi) is 5.04. The van der Waals surface area contributed by atoms with E-state index >= 15 is 0 Å². The van der Waals surface area contributed by atoms with Crippen LogP contribution >= 0.6 is 0 Å². The molecule has 5 heteroatoms. The molecule has 2 heterocycles. The Morgan fingerprint density at radius 1 is 1.00 bits per heavy atom. The van der Waals surface area contributed by atoms with Gasteiger partial charge in [0.1, 0.15) is 11.4 Å². The molecule has 4 rings (SSSR count). The highest BCUT2D eigenvalue weighted by atomic mass is 16.2. The van der Waals surface area contributed by atoms with Crippen molar-refractivity contribution in [3.05, 3.63) is 95.8 Å². The second-order valence-electron chi connectivity index (χ2n) is 7.28. The van der Waals surface area contributed by atoms with Gasteiger partial charge in [0.2, 0.25) is 0 Å². The molecule has 29 heavy (non-hydrogen) atoms.